The Bertz CT molecular complexity index is 1380. The predicted molar refractivity (Wildman–Crippen MR) is 121 cm³/mol. The molecule has 0 spiro atoms. The van der Waals surface area contributed by atoms with Gasteiger partial charge in [0.2, 0.25) is 5.43 Å². The number of benzene rings is 3. The van der Waals surface area contributed by atoms with Gasteiger partial charge in [-0.25, -0.2) is 0 Å². The number of aliphatic hydroxyl groups excluding tert-OH is 2. The lowest BCUT2D eigenvalue weighted by atomic mass is 9.93. The van der Waals surface area contributed by atoms with E-state index in [0.29, 0.717) is 51.8 Å². The van der Waals surface area contributed by atoms with E-state index in [0.717, 1.165) is 5.56 Å². The van der Waals surface area contributed by atoms with Crippen LogP contribution in [0, 0.1) is 11.3 Å². The molecule has 162 valence electrons. The fourth-order valence-electron chi connectivity index (χ4n) is 3.47. The molecule has 0 atom stereocenters. The molecule has 0 radical (unpaired) electrons. The first-order valence-corrected chi connectivity index (χ1v) is 10.1. The van der Waals surface area contributed by atoms with E-state index in [1.54, 1.807) is 54.6 Å². The molecule has 0 aliphatic rings. The van der Waals surface area contributed by atoms with Crippen LogP contribution in [0.25, 0.3) is 21.9 Å². The van der Waals surface area contributed by atoms with E-state index in [1.807, 2.05) is 6.07 Å². The number of hydrogen-bond donors (Lipinski definition) is 3. The first-order valence-electron chi connectivity index (χ1n) is 10.1. The molecule has 7 nitrogen and oxygen atoms in total. The van der Waals surface area contributed by atoms with E-state index in [2.05, 4.69) is 6.07 Å². The molecule has 0 saturated heterocycles. The summed E-state index contributed by atoms with van der Waals surface area (Å²) in [6, 6.07) is 19.2. The van der Waals surface area contributed by atoms with Gasteiger partial charge < -0.3 is 25.1 Å². The van der Waals surface area contributed by atoms with Gasteiger partial charge in [-0.1, -0.05) is 12.1 Å². The van der Waals surface area contributed by atoms with Gasteiger partial charge in [0, 0.05) is 6.07 Å². The summed E-state index contributed by atoms with van der Waals surface area (Å²) in [5, 5.41) is 28.6. The Kier molecular flexibility index (Phi) is 5.93. The highest BCUT2D eigenvalue weighted by Gasteiger charge is 2.22. The van der Waals surface area contributed by atoms with Crippen molar-refractivity contribution >= 4 is 21.9 Å². The Morgan fingerprint density at radius 1 is 0.969 bits per heavy atom. The number of fused-ring (bicyclic) bond motifs is 2. The number of rotatable bonds is 7. The summed E-state index contributed by atoms with van der Waals surface area (Å²) in [5.41, 5.74) is 6.90. The molecule has 0 unspecified atom stereocenters. The van der Waals surface area contributed by atoms with Gasteiger partial charge in [0.25, 0.3) is 0 Å². The van der Waals surface area contributed by atoms with E-state index in [-0.39, 0.29) is 18.6 Å². The lowest BCUT2D eigenvalue weighted by Crippen LogP contribution is -2.47. The highest BCUT2D eigenvalue weighted by atomic mass is 16.5. The van der Waals surface area contributed by atoms with Crippen LogP contribution in [0.3, 0.4) is 0 Å². The van der Waals surface area contributed by atoms with Crippen LogP contribution in [0.5, 0.6) is 11.5 Å². The summed E-state index contributed by atoms with van der Waals surface area (Å²) in [7, 11) is 0. The average Bonchev–Trinajstić information content (AvgIpc) is 2.83. The second kappa shape index (κ2) is 8.81. The van der Waals surface area contributed by atoms with Crippen LogP contribution >= 0.6 is 0 Å². The molecule has 0 aliphatic heterocycles. The minimum absolute atomic E-state index is 0.163. The molecule has 4 N–H and O–H groups in total. The van der Waals surface area contributed by atoms with Crippen molar-refractivity contribution in [2.75, 3.05) is 13.2 Å². The monoisotopic (exact) mass is 430 g/mol. The Morgan fingerprint density at radius 2 is 1.75 bits per heavy atom. The number of nitrogens with zero attached hydrogens (tertiary/aromatic N) is 1. The van der Waals surface area contributed by atoms with Crippen LogP contribution in [0.15, 0.2) is 69.9 Å². The topological polar surface area (TPSA) is 130 Å². The predicted octanol–water partition coefficient (Wildman–Crippen LogP) is 3.22. The van der Waals surface area contributed by atoms with Gasteiger partial charge in [0.15, 0.2) is 0 Å². The number of aliphatic hydroxyl groups is 2. The van der Waals surface area contributed by atoms with E-state index < -0.39 is 5.54 Å². The number of nitriles is 1. The molecular weight excluding hydrogens is 408 g/mol. The van der Waals surface area contributed by atoms with Crippen LogP contribution < -0.4 is 15.9 Å². The maximum absolute atomic E-state index is 13.1. The first kappa shape index (κ1) is 21.5. The summed E-state index contributed by atoms with van der Waals surface area (Å²) in [6.45, 7) is -0.649. The summed E-state index contributed by atoms with van der Waals surface area (Å²) in [4.78, 5) is 13.1. The molecule has 0 aliphatic carbocycles. The van der Waals surface area contributed by atoms with Crippen molar-refractivity contribution in [3.05, 3.63) is 82.0 Å². The van der Waals surface area contributed by atoms with Gasteiger partial charge in [0.05, 0.1) is 41.2 Å². The zero-order valence-corrected chi connectivity index (χ0v) is 17.2. The summed E-state index contributed by atoms with van der Waals surface area (Å²) >= 11 is 0. The number of ether oxygens (including phenoxy) is 1. The summed E-state index contributed by atoms with van der Waals surface area (Å²) in [5.74, 6) is 0.997. The third-order valence-corrected chi connectivity index (χ3v) is 5.45. The Hall–Kier alpha value is -3.70. The molecule has 3 aromatic carbocycles. The number of hydrogen-bond acceptors (Lipinski definition) is 7. The smallest absolute Gasteiger partial charge is 0.200 e. The van der Waals surface area contributed by atoms with Crippen molar-refractivity contribution in [2.24, 2.45) is 5.73 Å². The van der Waals surface area contributed by atoms with Crippen LogP contribution in [0.1, 0.15) is 17.5 Å². The highest BCUT2D eigenvalue weighted by molar-refractivity contribution is 5.90. The van der Waals surface area contributed by atoms with Crippen molar-refractivity contribution in [3.63, 3.8) is 0 Å². The van der Waals surface area contributed by atoms with Crippen molar-refractivity contribution in [3.8, 4) is 17.6 Å². The lowest BCUT2D eigenvalue weighted by Gasteiger charge is -2.24. The van der Waals surface area contributed by atoms with Gasteiger partial charge >= 0.3 is 0 Å². The maximum atomic E-state index is 13.1. The van der Waals surface area contributed by atoms with Crippen LogP contribution in [0.2, 0.25) is 0 Å². The minimum Gasteiger partial charge on any atom is -0.457 e. The van der Waals surface area contributed by atoms with Gasteiger partial charge in [0.1, 0.15) is 22.7 Å². The minimum atomic E-state index is -1.06. The molecule has 4 rings (SSSR count). The number of nitrogens with two attached hydrogens (primary N) is 1. The van der Waals surface area contributed by atoms with Gasteiger partial charge in [-0.15, -0.1) is 0 Å². The van der Waals surface area contributed by atoms with Crippen LogP contribution in [0.4, 0.5) is 0 Å². The fraction of sp³-hybridized carbons (Fsp3) is 0.200. The molecule has 32 heavy (non-hydrogen) atoms. The third kappa shape index (κ3) is 4.34. The molecule has 1 aromatic heterocycles. The molecule has 0 saturated carbocycles. The normalized spacial score (nSPS) is 11.6. The molecule has 7 heteroatoms. The standard InChI is InChI=1S/C25H22N2O5/c26-13-17-2-1-3-18(10-17)31-19-5-6-20-23(12-19)32-22-7-4-16(11-21(22)24(20)30)8-9-25(27,14-28)15-29/h1-7,10-12,28-29H,8-9,14-15,27H2. The van der Waals surface area contributed by atoms with E-state index >= 15 is 0 Å². The van der Waals surface area contributed by atoms with Crippen LogP contribution in [-0.2, 0) is 6.42 Å². The quantitative estimate of drug-likeness (QED) is 0.384. The molecule has 0 bridgehead atoms. The van der Waals surface area contributed by atoms with Gasteiger partial charge in [-0.2, -0.15) is 5.26 Å². The van der Waals surface area contributed by atoms with Gasteiger partial charge in [-0.05, 0) is 60.9 Å². The Labute approximate surface area is 183 Å². The second-order valence-electron chi connectivity index (χ2n) is 7.84. The van der Waals surface area contributed by atoms with Crippen molar-refractivity contribution in [2.45, 2.75) is 18.4 Å². The van der Waals surface area contributed by atoms with Crippen molar-refractivity contribution in [1.29, 1.82) is 5.26 Å². The zero-order valence-electron chi connectivity index (χ0n) is 17.2. The van der Waals surface area contributed by atoms with E-state index in [4.69, 9.17) is 20.1 Å². The summed E-state index contributed by atoms with van der Waals surface area (Å²) in [6.07, 6.45) is 0.873. The Balaban J connectivity index is 1.66. The van der Waals surface area contributed by atoms with Gasteiger partial charge in [-0.3, -0.25) is 4.79 Å². The molecule has 0 fully saturated rings. The summed E-state index contributed by atoms with van der Waals surface area (Å²) < 4.78 is 11.8. The largest absolute Gasteiger partial charge is 0.457 e. The molecule has 4 aromatic rings. The number of aryl methyl sites for hydroxylation is 1. The van der Waals surface area contributed by atoms with Crippen molar-refractivity contribution in [1.82, 2.24) is 0 Å². The second-order valence-corrected chi connectivity index (χ2v) is 7.84. The van der Waals surface area contributed by atoms with E-state index in [1.165, 1.54) is 0 Å². The lowest BCUT2D eigenvalue weighted by molar-refractivity contribution is 0.115. The van der Waals surface area contributed by atoms with E-state index in [9.17, 15) is 15.0 Å². The van der Waals surface area contributed by atoms with Crippen molar-refractivity contribution < 1.29 is 19.4 Å². The third-order valence-electron chi connectivity index (χ3n) is 5.45. The molecule has 0 amide bonds. The zero-order chi connectivity index (χ0) is 22.7. The Morgan fingerprint density at radius 3 is 2.50 bits per heavy atom. The first-order chi connectivity index (χ1) is 15.4. The SMILES string of the molecule is N#Cc1cccc(Oc2ccc3c(=O)c4cc(CCC(N)(CO)CO)ccc4oc3c2)c1. The fourth-order valence-corrected chi connectivity index (χ4v) is 3.47. The highest BCUT2D eigenvalue weighted by Crippen LogP contribution is 2.27. The molecular formula is C25H22N2O5. The maximum Gasteiger partial charge on any atom is 0.200 e. The molecule has 1 heterocycles. The van der Waals surface area contributed by atoms with Crippen LogP contribution in [-0.4, -0.2) is 29.0 Å². The average molecular weight is 430 g/mol.